The second-order valence-electron chi connectivity index (χ2n) is 8.02. The number of aryl methyl sites for hydroxylation is 2. The molecule has 0 spiro atoms. The van der Waals surface area contributed by atoms with Crippen LogP contribution in [0.2, 0.25) is 0 Å². The molecule has 32 heavy (non-hydrogen) atoms. The third kappa shape index (κ3) is 2.90. The molecule has 0 unspecified atom stereocenters. The number of nitrogens with one attached hydrogen (secondary N) is 1. The molecule has 10 heteroatoms. The fourth-order valence-electron chi connectivity index (χ4n) is 4.38. The average Bonchev–Trinajstić information content (AvgIpc) is 3.52. The zero-order valence-electron chi connectivity index (χ0n) is 18.0. The minimum absolute atomic E-state index is 0.225. The van der Waals surface area contributed by atoms with Gasteiger partial charge in [0.25, 0.3) is 0 Å². The van der Waals surface area contributed by atoms with Gasteiger partial charge in [0.2, 0.25) is 0 Å². The van der Waals surface area contributed by atoms with Crippen LogP contribution in [0.4, 0.5) is 5.82 Å². The summed E-state index contributed by atoms with van der Waals surface area (Å²) in [4.78, 5) is 20.1. The number of morpholine rings is 1. The van der Waals surface area contributed by atoms with Crippen LogP contribution in [0.5, 0.6) is 0 Å². The summed E-state index contributed by atoms with van der Waals surface area (Å²) >= 11 is 1.66. The van der Waals surface area contributed by atoms with E-state index in [-0.39, 0.29) is 6.04 Å². The number of rotatable bonds is 3. The predicted octanol–water partition coefficient (Wildman–Crippen LogP) is 3.66. The van der Waals surface area contributed by atoms with Crippen LogP contribution in [0.15, 0.2) is 29.9 Å². The molecule has 1 aliphatic rings. The maximum atomic E-state index is 5.69. The molecule has 0 bridgehead atoms. The molecule has 1 fully saturated rings. The molecule has 0 aromatic carbocycles. The van der Waals surface area contributed by atoms with Gasteiger partial charge in [-0.05, 0) is 32.9 Å². The number of H-pyrrole nitrogens is 1. The molecule has 0 saturated carbocycles. The first-order chi connectivity index (χ1) is 15.6. The summed E-state index contributed by atoms with van der Waals surface area (Å²) in [6.07, 6.45) is 3.69. The van der Waals surface area contributed by atoms with Gasteiger partial charge in [0.1, 0.15) is 22.8 Å². The Bertz CT molecular complexity index is 1430. The van der Waals surface area contributed by atoms with Crippen molar-refractivity contribution in [2.45, 2.75) is 26.8 Å². The Labute approximate surface area is 188 Å². The van der Waals surface area contributed by atoms with Gasteiger partial charge < -0.3 is 14.6 Å². The van der Waals surface area contributed by atoms with Crippen molar-refractivity contribution in [3.05, 3.63) is 41.6 Å². The molecular weight excluding hydrogens is 424 g/mol. The van der Waals surface area contributed by atoms with Crippen molar-refractivity contribution in [3.8, 4) is 17.1 Å². The number of aromatic amines is 1. The zero-order chi connectivity index (χ0) is 21.8. The topological polar surface area (TPSA) is 97.6 Å². The molecule has 0 radical (unpaired) electrons. The van der Waals surface area contributed by atoms with E-state index in [1.54, 1.807) is 17.5 Å². The van der Waals surface area contributed by atoms with Crippen molar-refractivity contribution in [1.29, 1.82) is 0 Å². The van der Waals surface area contributed by atoms with E-state index >= 15 is 0 Å². The van der Waals surface area contributed by atoms with Crippen LogP contribution >= 0.6 is 11.3 Å². The van der Waals surface area contributed by atoms with E-state index in [1.165, 1.54) is 0 Å². The van der Waals surface area contributed by atoms with E-state index in [4.69, 9.17) is 14.7 Å². The summed E-state index contributed by atoms with van der Waals surface area (Å²) in [5.41, 5.74) is 3.66. The van der Waals surface area contributed by atoms with Crippen molar-refractivity contribution < 1.29 is 4.74 Å². The molecule has 0 amide bonds. The molecule has 6 heterocycles. The molecule has 0 aliphatic carbocycles. The normalized spacial score (nSPS) is 17.0. The van der Waals surface area contributed by atoms with Crippen LogP contribution in [0.25, 0.3) is 38.3 Å². The maximum absolute atomic E-state index is 5.69. The van der Waals surface area contributed by atoms with Crippen LogP contribution in [-0.2, 0) is 4.74 Å². The molecular formula is C22H22N8OS. The number of pyridine rings is 1. The van der Waals surface area contributed by atoms with Crippen molar-refractivity contribution in [3.63, 3.8) is 0 Å². The highest BCUT2D eigenvalue weighted by Gasteiger charge is 2.26. The van der Waals surface area contributed by atoms with E-state index in [1.807, 2.05) is 32.2 Å². The average molecular weight is 447 g/mol. The highest BCUT2D eigenvalue weighted by molar-refractivity contribution is 7.18. The van der Waals surface area contributed by atoms with Gasteiger partial charge in [0.05, 0.1) is 29.6 Å². The van der Waals surface area contributed by atoms with Crippen LogP contribution in [0.3, 0.4) is 0 Å². The lowest BCUT2D eigenvalue weighted by Gasteiger charge is -2.34. The minimum Gasteiger partial charge on any atom is -0.377 e. The number of thiophene rings is 1. The maximum Gasteiger partial charge on any atom is 0.163 e. The van der Waals surface area contributed by atoms with Gasteiger partial charge in [-0.25, -0.2) is 15.0 Å². The van der Waals surface area contributed by atoms with Gasteiger partial charge in [-0.3, -0.25) is 4.57 Å². The Morgan fingerprint density at radius 2 is 2.00 bits per heavy atom. The highest BCUT2D eigenvalue weighted by Crippen LogP contribution is 2.38. The zero-order valence-corrected chi connectivity index (χ0v) is 18.8. The van der Waals surface area contributed by atoms with Gasteiger partial charge >= 0.3 is 0 Å². The molecule has 1 N–H and O–H groups in total. The molecule has 6 rings (SSSR count). The van der Waals surface area contributed by atoms with Crippen molar-refractivity contribution in [2.75, 3.05) is 24.7 Å². The minimum atomic E-state index is 0.225. The SMILES string of the molecule is Cc1nnc(C)n1-c1csc2c(N3CCOC[C@H]3C)nc(-c3ccnc4[nH]ccc34)nc12. The summed E-state index contributed by atoms with van der Waals surface area (Å²) in [5, 5.41) is 11.6. The Morgan fingerprint density at radius 1 is 1.16 bits per heavy atom. The van der Waals surface area contributed by atoms with Crippen molar-refractivity contribution >= 4 is 38.4 Å². The summed E-state index contributed by atoms with van der Waals surface area (Å²) in [5.74, 6) is 3.29. The highest BCUT2D eigenvalue weighted by atomic mass is 32.1. The number of ether oxygens (including phenoxy) is 1. The first-order valence-corrected chi connectivity index (χ1v) is 11.4. The number of aromatic nitrogens is 7. The van der Waals surface area contributed by atoms with E-state index in [0.717, 1.165) is 56.5 Å². The van der Waals surface area contributed by atoms with Crippen LogP contribution < -0.4 is 4.90 Å². The van der Waals surface area contributed by atoms with E-state index in [0.29, 0.717) is 19.0 Å². The number of fused-ring (bicyclic) bond motifs is 2. The Hall–Kier alpha value is -3.37. The third-order valence-corrected chi connectivity index (χ3v) is 6.90. The summed E-state index contributed by atoms with van der Waals surface area (Å²) in [6, 6.07) is 4.22. The molecule has 9 nitrogen and oxygen atoms in total. The second-order valence-corrected chi connectivity index (χ2v) is 8.89. The van der Waals surface area contributed by atoms with E-state index in [9.17, 15) is 0 Å². The number of anilines is 1. The van der Waals surface area contributed by atoms with Crippen LogP contribution in [0.1, 0.15) is 18.6 Å². The summed E-state index contributed by atoms with van der Waals surface area (Å²) in [6.45, 7) is 8.25. The van der Waals surface area contributed by atoms with Crippen LogP contribution in [0, 0.1) is 13.8 Å². The van der Waals surface area contributed by atoms with E-state index < -0.39 is 0 Å². The van der Waals surface area contributed by atoms with Crippen molar-refractivity contribution in [2.24, 2.45) is 0 Å². The van der Waals surface area contributed by atoms with Crippen LogP contribution in [-0.4, -0.2) is 60.5 Å². The number of hydrogen-bond donors (Lipinski definition) is 1. The van der Waals surface area contributed by atoms with Gasteiger partial charge in [0, 0.05) is 35.3 Å². The summed E-state index contributed by atoms with van der Waals surface area (Å²) in [7, 11) is 0. The lowest BCUT2D eigenvalue weighted by atomic mass is 10.1. The number of nitrogens with zero attached hydrogens (tertiary/aromatic N) is 7. The van der Waals surface area contributed by atoms with Crippen molar-refractivity contribution in [1.82, 2.24) is 34.7 Å². The fraction of sp³-hybridized carbons (Fsp3) is 0.318. The molecule has 5 aromatic rings. The lowest BCUT2D eigenvalue weighted by molar-refractivity contribution is 0.0987. The largest absolute Gasteiger partial charge is 0.377 e. The summed E-state index contributed by atoms with van der Waals surface area (Å²) < 4.78 is 8.80. The molecule has 162 valence electrons. The quantitative estimate of drug-likeness (QED) is 0.452. The smallest absolute Gasteiger partial charge is 0.163 e. The monoisotopic (exact) mass is 446 g/mol. The Morgan fingerprint density at radius 3 is 2.81 bits per heavy atom. The van der Waals surface area contributed by atoms with Gasteiger partial charge in [-0.15, -0.1) is 21.5 Å². The predicted molar refractivity (Wildman–Crippen MR) is 125 cm³/mol. The molecule has 1 aliphatic heterocycles. The van der Waals surface area contributed by atoms with Gasteiger partial charge in [0.15, 0.2) is 11.6 Å². The van der Waals surface area contributed by atoms with E-state index in [2.05, 4.69) is 41.9 Å². The third-order valence-electron chi connectivity index (χ3n) is 5.95. The Kier molecular flexibility index (Phi) is 4.44. The molecule has 5 aromatic heterocycles. The standard InChI is InChI=1S/C22H22N8OS/c1-12-10-31-9-8-29(12)22-19-18(17(11-32-19)30-13(2)27-28-14(30)3)25-21(26-22)16-5-7-24-20-15(16)4-6-23-20/h4-7,11-12H,8-10H2,1-3H3,(H,23,24)/t12-/m1/s1. The first-order valence-electron chi connectivity index (χ1n) is 10.6. The lowest BCUT2D eigenvalue weighted by Crippen LogP contribution is -2.44. The number of hydrogen-bond acceptors (Lipinski definition) is 8. The molecule has 1 atom stereocenters. The second kappa shape index (κ2) is 7.35. The molecule has 1 saturated heterocycles. The fourth-order valence-corrected chi connectivity index (χ4v) is 5.36. The van der Waals surface area contributed by atoms with Gasteiger partial charge in [-0.2, -0.15) is 0 Å². The Balaban J connectivity index is 1.65. The first kappa shape index (κ1) is 19.3. The van der Waals surface area contributed by atoms with Gasteiger partial charge in [-0.1, -0.05) is 0 Å².